The van der Waals surface area contributed by atoms with E-state index < -0.39 is 41.1 Å². The minimum absolute atomic E-state index is 0.163. The van der Waals surface area contributed by atoms with Gasteiger partial charge in [-0.1, -0.05) is 18.2 Å². The molecule has 0 unspecified atom stereocenters. The third-order valence-electron chi connectivity index (χ3n) is 4.64. The third kappa shape index (κ3) is 4.18. The van der Waals surface area contributed by atoms with Gasteiger partial charge in [0.05, 0.1) is 28.1 Å². The molecule has 4 aromatic rings. The lowest BCUT2D eigenvalue weighted by Gasteiger charge is -2.08. The molecule has 0 aliphatic carbocycles. The molecule has 0 saturated heterocycles. The van der Waals surface area contributed by atoms with Gasteiger partial charge < -0.3 is 4.42 Å². The van der Waals surface area contributed by atoms with Crippen LogP contribution in [0.5, 0.6) is 0 Å². The monoisotopic (exact) mass is 464 g/mol. The molecule has 0 fully saturated rings. The molecule has 0 atom stereocenters. The minimum Gasteiger partial charge on any atom is -0.442 e. The Labute approximate surface area is 182 Å². The highest BCUT2D eigenvalue weighted by Crippen LogP contribution is 2.40. The molecule has 0 spiro atoms. The molecule has 164 valence electrons. The number of aromatic nitrogens is 2. The summed E-state index contributed by atoms with van der Waals surface area (Å²) in [6.07, 6.45) is -3.83. The Hall–Kier alpha value is -3.40. The van der Waals surface area contributed by atoms with Gasteiger partial charge in [-0.25, -0.2) is 18.7 Å². The van der Waals surface area contributed by atoms with Crippen molar-refractivity contribution in [1.82, 2.24) is 9.97 Å². The lowest BCUT2D eigenvalue weighted by Crippen LogP contribution is -2.08. The number of aryl methyl sites for hydroxylation is 1. The lowest BCUT2D eigenvalue weighted by atomic mass is 10.1. The molecule has 2 heterocycles. The zero-order valence-electron chi connectivity index (χ0n) is 16.3. The molecular formula is C22H13F5N2O2S. The van der Waals surface area contributed by atoms with Crippen LogP contribution in [0, 0.1) is 18.6 Å². The van der Waals surface area contributed by atoms with E-state index in [-0.39, 0.29) is 22.0 Å². The van der Waals surface area contributed by atoms with Crippen LogP contribution in [-0.4, -0.2) is 15.8 Å². The van der Waals surface area contributed by atoms with Gasteiger partial charge in [0.15, 0.2) is 17.9 Å². The van der Waals surface area contributed by atoms with Gasteiger partial charge in [-0.15, -0.1) is 11.3 Å². The second-order valence-corrected chi connectivity index (χ2v) is 7.91. The first kappa shape index (κ1) is 21.8. The number of benzene rings is 2. The number of carbonyl (C=O) groups is 1. The first-order chi connectivity index (χ1) is 15.1. The van der Waals surface area contributed by atoms with Crippen molar-refractivity contribution in [1.29, 1.82) is 0 Å². The van der Waals surface area contributed by atoms with E-state index in [1.165, 1.54) is 18.5 Å². The molecular weight excluding hydrogens is 451 g/mol. The number of hydrogen-bond donors (Lipinski definition) is 0. The number of oxazole rings is 1. The highest BCUT2D eigenvalue weighted by Gasteiger charge is 2.31. The minimum atomic E-state index is -4.55. The molecule has 4 nitrogen and oxygen atoms in total. The maximum atomic E-state index is 14.0. The number of rotatable bonds is 5. The van der Waals surface area contributed by atoms with E-state index in [0.29, 0.717) is 10.6 Å². The summed E-state index contributed by atoms with van der Waals surface area (Å²) in [6.45, 7) is 1.63. The second-order valence-electron chi connectivity index (χ2n) is 6.83. The summed E-state index contributed by atoms with van der Waals surface area (Å²) in [7, 11) is 0. The van der Waals surface area contributed by atoms with Crippen molar-refractivity contribution in [3.05, 3.63) is 82.3 Å². The summed E-state index contributed by atoms with van der Waals surface area (Å²) in [5.74, 6) is -2.62. The van der Waals surface area contributed by atoms with E-state index in [9.17, 15) is 26.7 Å². The van der Waals surface area contributed by atoms with Crippen LogP contribution in [0.1, 0.15) is 26.6 Å². The second kappa shape index (κ2) is 8.27. The predicted octanol–water partition coefficient (Wildman–Crippen LogP) is 6.50. The van der Waals surface area contributed by atoms with Crippen LogP contribution in [0.3, 0.4) is 0 Å². The van der Waals surface area contributed by atoms with Crippen LogP contribution in [0.15, 0.2) is 53.3 Å². The van der Waals surface area contributed by atoms with E-state index in [1.54, 1.807) is 6.92 Å². The van der Waals surface area contributed by atoms with Crippen molar-refractivity contribution in [2.75, 3.05) is 0 Å². The molecule has 0 radical (unpaired) electrons. The van der Waals surface area contributed by atoms with Crippen LogP contribution >= 0.6 is 11.3 Å². The van der Waals surface area contributed by atoms with Crippen molar-refractivity contribution in [3.8, 4) is 21.9 Å². The quantitative estimate of drug-likeness (QED) is 0.250. The number of ketones is 1. The largest absolute Gasteiger partial charge is 0.442 e. The van der Waals surface area contributed by atoms with Gasteiger partial charge in [-0.05, 0) is 36.8 Å². The Morgan fingerprint density at radius 3 is 2.41 bits per heavy atom. The summed E-state index contributed by atoms with van der Waals surface area (Å²) in [4.78, 5) is 21.2. The van der Waals surface area contributed by atoms with Gasteiger partial charge in [-0.2, -0.15) is 13.2 Å². The Balaban J connectivity index is 1.79. The maximum absolute atomic E-state index is 14.0. The van der Waals surface area contributed by atoms with Crippen molar-refractivity contribution < 1.29 is 31.2 Å². The highest BCUT2D eigenvalue weighted by atomic mass is 32.1. The summed E-state index contributed by atoms with van der Waals surface area (Å²) < 4.78 is 72.9. The third-order valence-corrected chi connectivity index (χ3v) is 5.74. The average molecular weight is 464 g/mol. The molecule has 32 heavy (non-hydrogen) atoms. The number of alkyl halides is 3. The Morgan fingerprint density at radius 1 is 1.09 bits per heavy atom. The SMILES string of the molecule is Cc1ncoc1-c1nc(CC(=O)c2c(F)cccc2F)sc1-c1cccc(C(F)(F)F)c1. The van der Waals surface area contributed by atoms with E-state index in [1.807, 2.05) is 0 Å². The summed E-state index contributed by atoms with van der Waals surface area (Å²) >= 11 is 0.942. The van der Waals surface area contributed by atoms with Crippen molar-refractivity contribution in [3.63, 3.8) is 0 Å². The summed E-state index contributed by atoms with van der Waals surface area (Å²) in [5, 5.41) is 0.163. The molecule has 0 N–H and O–H groups in total. The summed E-state index contributed by atoms with van der Waals surface area (Å²) in [6, 6.07) is 7.71. The topological polar surface area (TPSA) is 56.0 Å². The van der Waals surface area contributed by atoms with Gasteiger partial charge in [0, 0.05) is 0 Å². The van der Waals surface area contributed by atoms with Crippen molar-refractivity contribution in [2.24, 2.45) is 0 Å². The molecule has 0 saturated carbocycles. The number of hydrogen-bond acceptors (Lipinski definition) is 5. The predicted molar refractivity (Wildman–Crippen MR) is 107 cm³/mol. The standard InChI is InChI=1S/C22H13F5N2O2S/c1-11-20(31-10-28-11)19-21(12-4-2-5-13(8-12)22(25,26)27)32-17(29-19)9-16(30)18-14(23)6-3-7-15(18)24/h2-8,10H,9H2,1H3. The van der Waals surface area contributed by atoms with E-state index in [0.717, 1.165) is 41.7 Å². The van der Waals surface area contributed by atoms with Crippen molar-refractivity contribution in [2.45, 2.75) is 19.5 Å². The zero-order chi connectivity index (χ0) is 23.0. The fourth-order valence-electron chi connectivity index (χ4n) is 3.15. The van der Waals surface area contributed by atoms with E-state index >= 15 is 0 Å². The first-order valence-corrected chi connectivity index (χ1v) is 10.0. The molecule has 4 rings (SSSR count). The molecule has 2 aromatic heterocycles. The normalized spacial score (nSPS) is 11.7. The number of nitrogens with zero attached hydrogens (tertiary/aromatic N) is 2. The van der Waals surface area contributed by atoms with Gasteiger partial charge in [0.1, 0.15) is 22.3 Å². The number of thiazole rings is 1. The number of Topliss-reactive ketones (excluding diaryl/α,β-unsaturated/α-hetero) is 1. The Kier molecular flexibility index (Phi) is 5.64. The van der Waals surface area contributed by atoms with Crippen LogP contribution in [0.25, 0.3) is 21.9 Å². The Bertz CT molecular complexity index is 1290. The Morgan fingerprint density at radius 2 is 1.78 bits per heavy atom. The van der Waals surface area contributed by atoms with E-state index in [2.05, 4.69) is 9.97 Å². The van der Waals surface area contributed by atoms with Crippen LogP contribution in [0.4, 0.5) is 22.0 Å². The van der Waals surface area contributed by atoms with Gasteiger partial charge in [0.2, 0.25) is 0 Å². The molecule has 0 amide bonds. The molecule has 0 aliphatic heterocycles. The van der Waals surface area contributed by atoms with Gasteiger partial charge in [0.25, 0.3) is 0 Å². The smallest absolute Gasteiger partial charge is 0.416 e. The van der Waals surface area contributed by atoms with Gasteiger partial charge >= 0.3 is 6.18 Å². The van der Waals surface area contributed by atoms with Crippen LogP contribution < -0.4 is 0 Å². The van der Waals surface area contributed by atoms with Crippen LogP contribution in [0.2, 0.25) is 0 Å². The van der Waals surface area contributed by atoms with Gasteiger partial charge in [-0.3, -0.25) is 4.79 Å². The lowest BCUT2D eigenvalue weighted by molar-refractivity contribution is -0.137. The zero-order valence-corrected chi connectivity index (χ0v) is 17.2. The number of halogens is 5. The van der Waals surface area contributed by atoms with Crippen molar-refractivity contribution >= 4 is 17.1 Å². The van der Waals surface area contributed by atoms with Crippen LogP contribution in [-0.2, 0) is 12.6 Å². The number of carbonyl (C=O) groups excluding carboxylic acids is 1. The first-order valence-electron chi connectivity index (χ1n) is 9.20. The fraction of sp³-hybridized carbons (Fsp3) is 0.136. The fourth-order valence-corrected chi connectivity index (χ4v) is 4.20. The van der Waals surface area contributed by atoms with E-state index in [4.69, 9.17) is 4.42 Å². The molecule has 0 aliphatic rings. The summed E-state index contributed by atoms with van der Waals surface area (Å²) in [5.41, 5.74) is -0.697. The molecule has 0 bridgehead atoms. The molecule has 2 aromatic carbocycles. The molecule has 10 heteroatoms. The average Bonchev–Trinajstić information content (AvgIpc) is 3.33. The maximum Gasteiger partial charge on any atom is 0.416 e. The highest BCUT2D eigenvalue weighted by molar-refractivity contribution is 7.15.